The Bertz CT molecular complexity index is 1200. The molecule has 3 aromatic rings. The molecule has 2 heterocycles. The van der Waals surface area contributed by atoms with Gasteiger partial charge >= 0.3 is 0 Å². The molecule has 29 heavy (non-hydrogen) atoms. The first-order chi connectivity index (χ1) is 13.5. The predicted octanol–water partition coefficient (Wildman–Crippen LogP) is 4.73. The molecule has 0 bridgehead atoms. The van der Waals surface area contributed by atoms with Crippen LogP contribution in [0.25, 0.3) is 0 Å². The summed E-state index contributed by atoms with van der Waals surface area (Å²) in [6, 6.07) is 3.64. The fourth-order valence-corrected chi connectivity index (χ4v) is 3.88. The smallest absolute Gasteiger partial charge is 0.168 e. The number of aromatic amines is 1. The SMILES string of the molecule is Cc1nc(N[C@H](c2ccc(F)c(Cl)c2)c2nc([S@](C)(=N)=O)c(C)[nH]2)c(F)cc1F. The average molecular weight is 444 g/mol. The fraction of sp³-hybridized carbons (Fsp3) is 0.222. The maximum Gasteiger partial charge on any atom is 0.168 e. The van der Waals surface area contributed by atoms with Crippen molar-refractivity contribution in [2.45, 2.75) is 24.9 Å². The number of nitrogens with one attached hydrogen (secondary N) is 3. The van der Waals surface area contributed by atoms with Crippen LogP contribution in [0.4, 0.5) is 19.0 Å². The molecule has 11 heteroatoms. The van der Waals surface area contributed by atoms with E-state index in [1.54, 1.807) is 6.92 Å². The minimum Gasteiger partial charge on any atom is -0.354 e. The van der Waals surface area contributed by atoms with E-state index in [1.807, 2.05) is 0 Å². The molecule has 1 aromatic carbocycles. The van der Waals surface area contributed by atoms with Gasteiger partial charge in [-0.1, -0.05) is 17.7 Å². The first-order valence-electron chi connectivity index (χ1n) is 8.31. The molecule has 6 nitrogen and oxygen atoms in total. The summed E-state index contributed by atoms with van der Waals surface area (Å²) in [4.78, 5) is 11.0. The van der Waals surface area contributed by atoms with Crippen LogP contribution < -0.4 is 5.32 Å². The summed E-state index contributed by atoms with van der Waals surface area (Å²) >= 11 is 5.89. The third kappa shape index (κ3) is 4.38. The quantitative estimate of drug-likeness (QED) is 0.531. The van der Waals surface area contributed by atoms with E-state index in [-0.39, 0.29) is 27.4 Å². The first-order valence-corrected chi connectivity index (χ1v) is 10.7. The number of imidazole rings is 1. The van der Waals surface area contributed by atoms with Crippen molar-refractivity contribution in [2.24, 2.45) is 0 Å². The first kappa shape index (κ1) is 21.1. The van der Waals surface area contributed by atoms with Gasteiger partial charge in [-0.15, -0.1) is 0 Å². The lowest BCUT2D eigenvalue weighted by Crippen LogP contribution is -2.17. The highest BCUT2D eigenvalue weighted by molar-refractivity contribution is 7.91. The van der Waals surface area contributed by atoms with Crippen LogP contribution in [-0.2, 0) is 9.73 Å². The molecule has 0 saturated heterocycles. The number of aromatic nitrogens is 3. The van der Waals surface area contributed by atoms with Crippen molar-refractivity contribution in [3.63, 3.8) is 0 Å². The molecular weight excluding hydrogens is 427 g/mol. The van der Waals surface area contributed by atoms with E-state index in [1.165, 1.54) is 25.3 Å². The van der Waals surface area contributed by atoms with Crippen molar-refractivity contribution in [1.29, 1.82) is 4.78 Å². The summed E-state index contributed by atoms with van der Waals surface area (Å²) in [6.45, 7) is 2.98. The molecule has 0 fully saturated rings. The molecule has 0 unspecified atom stereocenters. The number of pyridine rings is 1. The highest BCUT2D eigenvalue weighted by atomic mass is 35.5. The van der Waals surface area contributed by atoms with Crippen LogP contribution in [0.5, 0.6) is 0 Å². The Balaban J connectivity index is 2.15. The Kier molecular flexibility index (Phi) is 5.59. The summed E-state index contributed by atoms with van der Waals surface area (Å²) < 4.78 is 61.4. The molecule has 0 aliphatic heterocycles. The Labute approximate surface area is 170 Å². The Morgan fingerprint density at radius 2 is 1.83 bits per heavy atom. The Morgan fingerprint density at radius 3 is 2.41 bits per heavy atom. The molecule has 0 aliphatic rings. The molecule has 2 aromatic heterocycles. The average Bonchev–Trinajstić information content (AvgIpc) is 3.01. The van der Waals surface area contributed by atoms with Crippen LogP contribution >= 0.6 is 11.6 Å². The van der Waals surface area contributed by atoms with Gasteiger partial charge in [0.2, 0.25) is 0 Å². The predicted molar refractivity (Wildman–Crippen MR) is 104 cm³/mol. The van der Waals surface area contributed by atoms with Crippen LogP contribution in [0.3, 0.4) is 0 Å². The monoisotopic (exact) mass is 443 g/mol. The molecule has 0 amide bonds. The Hall–Kier alpha value is -2.59. The van der Waals surface area contributed by atoms with Crippen LogP contribution in [-0.4, -0.2) is 25.4 Å². The van der Waals surface area contributed by atoms with Gasteiger partial charge in [-0.25, -0.2) is 32.1 Å². The zero-order valence-corrected chi connectivity index (χ0v) is 17.2. The van der Waals surface area contributed by atoms with Gasteiger partial charge in [0, 0.05) is 18.0 Å². The second-order valence-electron chi connectivity index (χ2n) is 6.53. The normalized spacial score (nSPS) is 14.4. The largest absolute Gasteiger partial charge is 0.354 e. The third-order valence-corrected chi connectivity index (χ3v) is 5.59. The number of rotatable bonds is 5. The lowest BCUT2D eigenvalue weighted by molar-refractivity contribution is 0.566. The van der Waals surface area contributed by atoms with E-state index in [0.29, 0.717) is 17.3 Å². The van der Waals surface area contributed by atoms with E-state index >= 15 is 0 Å². The minimum absolute atomic E-state index is 0.0242. The van der Waals surface area contributed by atoms with Crippen LogP contribution in [0.15, 0.2) is 29.3 Å². The van der Waals surface area contributed by atoms with Crippen molar-refractivity contribution >= 4 is 27.1 Å². The summed E-state index contributed by atoms with van der Waals surface area (Å²) in [5, 5.41) is 2.68. The lowest BCUT2D eigenvalue weighted by Gasteiger charge is -2.19. The van der Waals surface area contributed by atoms with Gasteiger partial charge in [0.25, 0.3) is 0 Å². The highest BCUT2D eigenvalue weighted by Gasteiger charge is 2.24. The van der Waals surface area contributed by atoms with Crippen molar-refractivity contribution in [1.82, 2.24) is 15.0 Å². The number of hydrogen-bond acceptors (Lipinski definition) is 5. The summed E-state index contributed by atoms with van der Waals surface area (Å²) in [5.41, 5.74) is 0.766. The Morgan fingerprint density at radius 1 is 1.14 bits per heavy atom. The van der Waals surface area contributed by atoms with Crippen LogP contribution in [0, 0.1) is 36.1 Å². The molecule has 0 aliphatic carbocycles. The second kappa shape index (κ2) is 7.68. The number of benzene rings is 1. The topological polar surface area (TPSA) is 94.5 Å². The van der Waals surface area contributed by atoms with E-state index in [4.69, 9.17) is 16.4 Å². The lowest BCUT2D eigenvalue weighted by atomic mass is 10.1. The van der Waals surface area contributed by atoms with Crippen molar-refractivity contribution in [3.8, 4) is 0 Å². The van der Waals surface area contributed by atoms with Gasteiger partial charge in [0.1, 0.15) is 23.5 Å². The number of halogens is 4. The molecule has 3 rings (SSSR count). The van der Waals surface area contributed by atoms with E-state index < -0.39 is 33.2 Å². The highest BCUT2D eigenvalue weighted by Crippen LogP contribution is 2.30. The van der Waals surface area contributed by atoms with Gasteiger partial charge in [0.05, 0.1) is 20.4 Å². The standard InChI is InChI=1S/C18H17ClF3N5OS/c1-8-13(21)7-14(22)16(24-8)26-15(10-4-5-12(20)11(19)6-10)17-25-9(2)18(27-17)29(3,23)28/h4-7,15,23H,1-3H3,(H,24,26)(H,25,27)/t15-,29-/m1/s1. The maximum atomic E-state index is 14.3. The third-order valence-electron chi connectivity index (χ3n) is 4.16. The molecule has 0 radical (unpaired) electrons. The van der Waals surface area contributed by atoms with Gasteiger partial charge in [-0.2, -0.15) is 0 Å². The van der Waals surface area contributed by atoms with Gasteiger partial charge in [-0.05, 0) is 31.5 Å². The minimum atomic E-state index is -3.13. The van der Waals surface area contributed by atoms with Crippen LogP contribution in [0.1, 0.15) is 28.8 Å². The van der Waals surface area contributed by atoms with Crippen molar-refractivity contribution in [2.75, 3.05) is 11.6 Å². The maximum absolute atomic E-state index is 14.3. The number of anilines is 1. The van der Waals surface area contributed by atoms with Gasteiger partial charge in [0.15, 0.2) is 16.7 Å². The molecular formula is C18H17ClF3N5OS. The second-order valence-corrected chi connectivity index (χ2v) is 9.01. The molecule has 3 N–H and O–H groups in total. The number of aryl methyl sites for hydroxylation is 2. The van der Waals surface area contributed by atoms with Crippen LogP contribution in [0.2, 0.25) is 5.02 Å². The zero-order valence-electron chi connectivity index (χ0n) is 15.6. The molecule has 2 atom stereocenters. The summed E-state index contributed by atoms with van der Waals surface area (Å²) in [7, 11) is -3.13. The number of hydrogen-bond donors (Lipinski definition) is 3. The molecule has 154 valence electrons. The number of nitrogens with zero attached hydrogens (tertiary/aromatic N) is 2. The van der Waals surface area contributed by atoms with E-state index in [9.17, 15) is 17.4 Å². The van der Waals surface area contributed by atoms with Crippen molar-refractivity contribution < 1.29 is 17.4 Å². The summed E-state index contributed by atoms with van der Waals surface area (Å²) in [6.07, 6.45) is 1.22. The van der Waals surface area contributed by atoms with Crippen molar-refractivity contribution in [3.05, 3.63) is 69.5 Å². The van der Waals surface area contributed by atoms with Gasteiger partial charge in [-0.3, -0.25) is 0 Å². The molecule has 0 spiro atoms. The fourth-order valence-electron chi connectivity index (χ4n) is 2.78. The zero-order chi connectivity index (χ0) is 21.5. The number of H-pyrrole nitrogens is 1. The van der Waals surface area contributed by atoms with E-state index in [2.05, 4.69) is 20.3 Å². The van der Waals surface area contributed by atoms with E-state index in [0.717, 1.165) is 6.07 Å². The summed E-state index contributed by atoms with van der Waals surface area (Å²) in [5.74, 6) is -2.45. The molecule has 0 saturated carbocycles. The van der Waals surface area contributed by atoms with Gasteiger partial charge < -0.3 is 10.3 Å².